The Kier molecular flexibility index (Phi) is 3.42. The van der Waals surface area contributed by atoms with Gasteiger partial charge < -0.3 is 20.5 Å². The van der Waals surface area contributed by atoms with Gasteiger partial charge in [-0.2, -0.15) is 0 Å². The molecule has 3 N–H and O–H groups in total. The van der Waals surface area contributed by atoms with E-state index in [1.165, 1.54) is 0 Å². The Morgan fingerprint density at radius 3 is 2.88 bits per heavy atom. The molecule has 0 radical (unpaired) electrons. The minimum Gasteiger partial charge on any atom is -0.492 e. The Morgan fingerprint density at radius 1 is 1.38 bits per heavy atom. The lowest BCUT2D eigenvalue weighted by Crippen LogP contribution is -2.32. The van der Waals surface area contributed by atoms with Gasteiger partial charge in [-0.25, -0.2) is 4.98 Å². The monoisotopic (exact) mass is 325 g/mol. The van der Waals surface area contributed by atoms with Crippen LogP contribution in [0.3, 0.4) is 0 Å². The molecule has 1 amide bonds. The summed E-state index contributed by atoms with van der Waals surface area (Å²) in [6.07, 6.45) is 3.83. The predicted molar refractivity (Wildman–Crippen MR) is 89.4 cm³/mol. The van der Waals surface area contributed by atoms with Gasteiger partial charge in [0.25, 0.3) is 0 Å². The van der Waals surface area contributed by atoms with Crippen LogP contribution in [-0.4, -0.2) is 23.5 Å². The number of rotatable bonds is 4. The number of ether oxygens (including phenoxy) is 2. The second kappa shape index (κ2) is 5.49. The highest BCUT2D eigenvalue weighted by atomic mass is 16.5. The quantitative estimate of drug-likeness (QED) is 0.902. The molecule has 1 fully saturated rings. The number of pyridine rings is 1. The lowest BCUT2D eigenvalue weighted by atomic mass is 9.97. The van der Waals surface area contributed by atoms with Crippen molar-refractivity contribution in [2.24, 2.45) is 5.73 Å². The molecular weight excluding hydrogens is 306 g/mol. The Labute approximate surface area is 140 Å². The Hall–Kier alpha value is -2.60. The van der Waals surface area contributed by atoms with Crippen LogP contribution < -0.4 is 20.5 Å². The second-order valence-electron chi connectivity index (χ2n) is 6.46. The molecule has 1 saturated carbocycles. The molecule has 1 spiro atoms. The minimum atomic E-state index is -0.567. The first kappa shape index (κ1) is 15.0. The SMILES string of the molecule is C[C@H](N)C(=O)Nc1ccc(Oc2cccc3c2C2(CC2)CO3)nc1. The van der Waals surface area contributed by atoms with Crippen molar-refractivity contribution in [3.8, 4) is 17.4 Å². The van der Waals surface area contributed by atoms with Gasteiger partial charge in [-0.3, -0.25) is 4.79 Å². The number of nitrogens with one attached hydrogen (secondary N) is 1. The fourth-order valence-electron chi connectivity index (χ4n) is 2.96. The molecule has 1 aliphatic heterocycles. The average molecular weight is 325 g/mol. The van der Waals surface area contributed by atoms with Gasteiger partial charge in [-0.1, -0.05) is 6.07 Å². The summed E-state index contributed by atoms with van der Waals surface area (Å²) < 4.78 is 11.8. The number of fused-ring (bicyclic) bond motifs is 2. The number of amides is 1. The maximum atomic E-state index is 11.6. The van der Waals surface area contributed by atoms with Crippen molar-refractivity contribution >= 4 is 11.6 Å². The van der Waals surface area contributed by atoms with Crippen LogP contribution in [0.25, 0.3) is 0 Å². The second-order valence-corrected chi connectivity index (χ2v) is 6.46. The molecule has 1 aliphatic carbocycles. The van der Waals surface area contributed by atoms with Crippen molar-refractivity contribution in [3.63, 3.8) is 0 Å². The van der Waals surface area contributed by atoms with Crippen LogP contribution >= 0.6 is 0 Å². The van der Waals surface area contributed by atoms with Gasteiger partial charge in [0.15, 0.2) is 0 Å². The van der Waals surface area contributed by atoms with E-state index >= 15 is 0 Å². The van der Waals surface area contributed by atoms with E-state index in [1.807, 2.05) is 18.2 Å². The van der Waals surface area contributed by atoms with E-state index in [2.05, 4.69) is 10.3 Å². The number of hydrogen-bond donors (Lipinski definition) is 2. The molecule has 2 aromatic rings. The highest BCUT2D eigenvalue weighted by molar-refractivity contribution is 5.94. The molecule has 1 atom stereocenters. The van der Waals surface area contributed by atoms with Crippen LogP contribution in [0, 0.1) is 0 Å². The number of hydrogen-bond acceptors (Lipinski definition) is 5. The molecule has 0 unspecified atom stereocenters. The number of aromatic nitrogens is 1. The largest absolute Gasteiger partial charge is 0.492 e. The Morgan fingerprint density at radius 2 is 2.21 bits per heavy atom. The number of carbonyl (C=O) groups is 1. The third-order valence-electron chi connectivity index (χ3n) is 4.51. The van der Waals surface area contributed by atoms with E-state index in [4.69, 9.17) is 15.2 Å². The molecule has 6 nitrogen and oxygen atoms in total. The van der Waals surface area contributed by atoms with E-state index in [-0.39, 0.29) is 11.3 Å². The fourth-order valence-corrected chi connectivity index (χ4v) is 2.96. The summed E-state index contributed by atoms with van der Waals surface area (Å²) in [6, 6.07) is 8.76. The molecule has 1 aromatic heterocycles. The molecule has 0 bridgehead atoms. The summed E-state index contributed by atoms with van der Waals surface area (Å²) in [5.41, 5.74) is 7.41. The van der Waals surface area contributed by atoms with Crippen molar-refractivity contribution in [2.75, 3.05) is 11.9 Å². The third-order valence-corrected chi connectivity index (χ3v) is 4.51. The fraction of sp³-hybridized carbons (Fsp3) is 0.333. The van der Waals surface area contributed by atoms with Gasteiger partial charge in [-0.15, -0.1) is 0 Å². The van der Waals surface area contributed by atoms with E-state index in [0.29, 0.717) is 11.6 Å². The number of carbonyl (C=O) groups excluding carboxylic acids is 1. The first-order valence-electron chi connectivity index (χ1n) is 8.04. The van der Waals surface area contributed by atoms with Crippen LogP contribution in [0.5, 0.6) is 17.4 Å². The maximum Gasteiger partial charge on any atom is 0.241 e. The van der Waals surface area contributed by atoms with Crippen LogP contribution in [0.2, 0.25) is 0 Å². The van der Waals surface area contributed by atoms with Crippen molar-refractivity contribution in [3.05, 3.63) is 42.1 Å². The van der Waals surface area contributed by atoms with E-state index in [9.17, 15) is 4.79 Å². The Bertz CT molecular complexity index is 783. The van der Waals surface area contributed by atoms with Gasteiger partial charge in [0, 0.05) is 17.0 Å². The van der Waals surface area contributed by atoms with Gasteiger partial charge in [0.05, 0.1) is 24.5 Å². The van der Waals surface area contributed by atoms with Crippen molar-refractivity contribution < 1.29 is 14.3 Å². The number of benzene rings is 1. The molecule has 6 heteroatoms. The van der Waals surface area contributed by atoms with E-state index in [0.717, 1.165) is 36.5 Å². The summed E-state index contributed by atoms with van der Waals surface area (Å²) in [5.74, 6) is 1.93. The standard InChI is InChI=1S/C18H19N3O3/c1-11(19)17(22)21-12-5-6-15(20-9-12)24-14-4-2-3-13-16(14)18(7-8-18)10-23-13/h2-6,9,11H,7-8,10,19H2,1H3,(H,21,22)/t11-/m0/s1. The average Bonchev–Trinajstić information content (AvgIpc) is 3.25. The van der Waals surface area contributed by atoms with E-state index < -0.39 is 6.04 Å². The third kappa shape index (κ3) is 2.59. The van der Waals surface area contributed by atoms with E-state index in [1.54, 1.807) is 25.3 Å². The maximum absolute atomic E-state index is 11.6. The molecule has 2 aliphatic rings. The summed E-state index contributed by atoms with van der Waals surface area (Å²) in [7, 11) is 0. The zero-order valence-electron chi connectivity index (χ0n) is 13.4. The summed E-state index contributed by atoms with van der Waals surface area (Å²) in [4.78, 5) is 15.8. The van der Waals surface area contributed by atoms with Gasteiger partial charge in [0.2, 0.25) is 11.8 Å². The van der Waals surface area contributed by atoms with Crippen LogP contribution in [0.1, 0.15) is 25.3 Å². The number of nitrogens with two attached hydrogens (primary N) is 1. The van der Waals surface area contributed by atoms with Crippen molar-refractivity contribution in [1.29, 1.82) is 0 Å². The zero-order valence-corrected chi connectivity index (χ0v) is 13.4. The molecule has 1 aromatic carbocycles. The topological polar surface area (TPSA) is 86.5 Å². The van der Waals surface area contributed by atoms with Gasteiger partial charge >= 0.3 is 0 Å². The van der Waals surface area contributed by atoms with Crippen molar-refractivity contribution in [1.82, 2.24) is 4.98 Å². The van der Waals surface area contributed by atoms with Crippen molar-refractivity contribution in [2.45, 2.75) is 31.2 Å². The summed E-state index contributed by atoms with van der Waals surface area (Å²) in [6.45, 7) is 2.37. The number of nitrogens with zero attached hydrogens (tertiary/aromatic N) is 1. The first-order chi connectivity index (χ1) is 11.6. The van der Waals surface area contributed by atoms with Crippen LogP contribution in [-0.2, 0) is 10.2 Å². The van der Waals surface area contributed by atoms with Gasteiger partial charge in [-0.05, 0) is 38.0 Å². The lowest BCUT2D eigenvalue weighted by Gasteiger charge is -2.12. The molecule has 2 heterocycles. The number of anilines is 1. The van der Waals surface area contributed by atoms with Crippen LogP contribution in [0.15, 0.2) is 36.5 Å². The molecule has 4 rings (SSSR count). The summed E-state index contributed by atoms with van der Waals surface area (Å²) >= 11 is 0. The molecule has 24 heavy (non-hydrogen) atoms. The molecular formula is C18H19N3O3. The predicted octanol–water partition coefficient (Wildman–Crippen LogP) is 2.58. The summed E-state index contributed by atoms with van der Waals surface area (Å²) in [5, 5.41) is 2.70. The normalized spacial score (nSPS) is 17.8. The molecule has 124 valence electrons. The molecule has 0 saturated heterocycles. The zero-order chi connectivity index (χ0) is 16.7. The highest BCUT2D eigenvalue weighted by Crippen LogP contribution is 2.58. The van der Waals surface area contributed by atoms with Crippen LogP contribution in [0.4, 0.5) is 5.69 Å². The first-order valence-corrected chi connectivity index (χ1v) is 8.04. The highest BCUT2D eigenvalue weighted by Gasteiger charge is 2.52. The minimum absolute atomic E-state index is 0.136. The lowest BCUT2D eigenvalue weighted by molar-refractivity contribution is -0.117. The van der Waals surface area contributed by atoms with Gasteiger partial charge in [0.1, 0.15) is 11.5 Å². The Balaban J connectivity index is 1.53. The smallest absolute Gasteiger partial charge is 0.241 e.